The highest BCUT2D eigenvalue weighted by Gasteiger charge is 1.98. The Labute approximate surface area is 64.2 Å². The fourth-order valence-corrected chi connectivity index (χ4v) is 0.849. The minimum atomic E-state index is -0.548. The summed E-state index contributed by atoms with van der Waals surface area (Å²) in [6.45, 7) is 0.454. The van der Waals surface area contributed by atoms with Gasteiger partial charge in [-0.25, -0.2) is 4.98 Å². The molecule has 0 atom stereocenters. The fraction of sp³-hybridized carbons (Fsp3) is 0.286. The number of anilines is 1. The quantitative estimate of drug-likeness (QED) is 0.604. The van der Waals surface area contributed by atoms with E-state index in [4.69, 9.17) is 11.5 Å². The third-order valence-electron chi connectivity index (χ3n) is 1.27. The van der Waals surface area contributed by atoms with Gasteiger partial charge >= 0.3 is 0 Å². The lowest BCUT2D eigenvalue weighted by molar-refractivity contribution is 0.577. The van der Waals surface area contributed by atoms with Gasteiger partial charge in [-0.05, 0) is 12.6 Å². The lowest BCUT2D eigenvalue weighted by Gasteiger charge is -1.98. The van der Waals surface area contributed by atoms with Crippen molar-refractivity contribution in [1.29, 1.82) is 0 Å². The molecule has 3 nitrogen and oxygen atoms in total. The smallest absolute Gasteiger partial charge is 0.215 e. The number of rotatable bonds is 2. The summed E-state index contributed by atoms with van der Waals surface area (Å²) in [5, 5.41) is 0. The standard InChI is InChI=1S/C7H10FN3/c8-7-4-5(10)3-6(11-7)1-2-9/h3-4H,1-2,9H2,(H2,10,11). The number of pyridine rings is 1. The van der Waals surface area contributed by atoms with Crippen molar-refractivity contribution < 1.29 is 4.39 Å². The Morgan fingerprint density at radius 3 is 2.73 bits per heavy atom. The zero-order valence-electron chi connectivity index (χ0n) is 6.05. The van der Waals surface area contributed by atoms with Crippen molar-refractivity contribution in [2.45, 2.75) is 6.42 Å². The largest absolute Gasteiger partial charge is 0.399 e. The second-order valence-corrected chi connectivity index (χ2v) is 2.25. The lowest BCUT2D eigenvalue weighted by atomic mass is 10.2. The van der Waals surface area contributed by atoms with Crippen molar-refractivity contribution in [2.24, 2.45) is 5.73 Å². The molecular weight excluding hydrogens is 145 g/mol. The molecule has 0 saturated heterocycles. The summed E-state index contributed by atoms with van der Waals surface area (Å²) in [6.07, 6.45) is 0.558. The molecule has 0 bridgehead atoms. The van der Waals surface area contributed by atoms with Crippen LogP contribution in [0.1, 0.15) is 5.69 Å². The monoisotopic (exact) mass is 155 g/mol. The van der Waals surface area contributed by atoms with Crippen molar-refractivity contribution in [2.75, 3.05) is 12.3 Å². The van der Waals surface area contributed by atoms with Crippen molar-refractivity contribution >= 4 is 5.69 Å². The van der Waals surface area contributed by atoms with Crippen LogP contribution in [0, 0.1) is 5.95 Å². The van der Waals surface area contributed by atoms with Gasteiger partial charge in [0.2, 0.25) is 5.95 Å². The molecule has 4 heteroatoms. The van der Waals surface area contributed by atoms with Crippen molar-refractivity contribution in [3.8, 4) is 0 Å². The minimum absolute atomic E-state index is 0.390. The molecule has 0 spiro atoms. The Morgan fingerprint density at radius 1 is 1.45 bits per heavy atom. The van der Waals surface area contributed by atoms with Gasteiger partial charge in [0, 0.05) is 23.9 Å². The van der Waals surface area contributed by atoms with Crippen LogP contribution in [0.4, 0.5) is 10.1 Å². The summed E-state index contributed by atoms with van der Waals surface area (Å²) < 4.78 is 12.5. The first kappa shape index (κ1) is 7.94. The molecule has 0 aliphatic rings. The normalized spacial score (nSPS) is 10.0. The molecular formula is C7H10FN3. The zero-order chi connectivity index (χ0) is 8.27. The second-order valence-electron chi connectivity index (χ2n) is 2.25. The molecule has 60 valence electrons. The third-order valence-corrected chi connectivity index (χ3v) is 1.27. The second kappa shape index (κ2) is 3.30. The van der Waals surface area contributed by atoms with E-state index in [0.29, 0.717) is 24.3 Å². The first-order valence-electron chi connectivity index (χ1n) is 3.34. The predicted octanol–water partition coefficient (Wildman–Crippen LogP) is 0.304. The van der Waals surface area contributed by atoms with E-state index in [-0.39, 0.29) is 0 Å². The molecule has 1 aromatic rings. The fourth-order valence-electron chi connectivity index (χ4n) is 0.849. The molecule has 0 aliphatic carbocycles. The number of nitrogens with two attached hydrogens (primary N) is 2. The maximum absolute atomic E-state index is 12.5. The van der Waals surface area contributed by atoms with Gasteiger partial charge in [-0.1, -0.05) is 0 Å². The van der Waals surface area contributed by atoms with E-state index in [9.17, 15) is 4.39 Å². The van der Waals surface area contributed by atoms with Crippen LogP contribution < -0.4 is 11.5 Å². The number of aromatic nitrogens is 1. The molecule has 0 unspecified atom stereocenters. The van der Waals surface area contributed by atoms with Crippen LogP contribution in [-0.4, -0.2) is 11.5 Å². The summed E-state index contributed by atoms with van der Waals surface area (Å²) in [6, 6.07) is 2.80. The van der Waals surface area contributed by atoms with Gasteiger partial charge in [0.25, 0.3) is 0 Å². The molecule has 1 rings (SSSR count). The SMILES string of the molecule is NCCc1cc(N)cc(F)n1. The maximum atomic E-state index is 12.5. The molecule has 0 aromatic carbocycles. The highest BCUT2D eigenvalue weighted by molar-refractivity contribution is 5.37. The van der Waals surface area contributed by atoms with Crippen LogP contribution >= 0.6 is 0 Å². The van der Waals surface area contributed by atoms with Crippen molar-refractivity contribution in [3.05, 3.63) is 23.8 Å². The van der Waals surface area contributed by atoms with Gasteiger partial charge < -0.3 is 11.5 Å². The summed E-state index contributed by atoms with van der Waals surface area (Å²) in [5.41, 5.74) is 11.6. The summed E-state index contributed by atoms with van der Waals surface area (Å²) >= 11 is 0. The van der Waals surface area contributed by atoms with Crippen LogP contribution in [0.2, 0.25) is 0 Å². The maximum Gasteiger partial charge on any atom is 0.215 e. The van der Waals surface area contributed by atoms with Gasteiger partial charge in [0.05, 0.1) is 0 Å². The van der Waals surface area contributed by atoms with Crippen LogP contribution in [0.5, 0.6) is 0 Å². The number of nitrogens with zero attached hydrogens (tertiary/aromatic N) is 1. The molecule has 0 aliphatic heterocycles. The van der Waals surface area contributed by atoms with Gasteiger partial charge in [-0.15, -0.1) is 0 Å². The molecule has 0 saturated carbocycles. The first-order valence-corrected chi connectivity index (χ1v) is 3.34. The Kier molecular flexibility index (Phi) is 2.38. The highest BCUT2D eigenvalue weighted by atomic mass is 19.1. The van der Waals surface area contributed by atoms with E-state index in [1.165, 1.54) is 6.07 Å². The Hall–Kier alpha value is -1.16. The zero-order valence-corrected chi connectivity index (χ0v) is 6.05. The van der Waals surface area contributed by atoms with Crippen LogP contribution in [-0.2, 0) is 6.42 Å². The molecule has 4 N–H and O–H groups in total. The first-order chi connectivity index (χ1) is 5.22. The van der Waals surface area contributed by atoms with E-state index in [2.05, 4.69) is 4.98 Å². The number of halogens is 1. The van der Waals surface area contributed by atoms with E-state index < -0.39 is 5.95 Å². The molecule has 0 amide bonds. The van der Waals surface area contributed by atoms with Gasteiger partial charge in [-0.3, -0.25) is 0 Å². The summed E-state index contributed by atoms with van der Waals surface area (Å²) in [5.74, 6) is -0.548. The van der Waals surface area contributed by atoms with Crippen LogP contribution in [0.15, 0.2) is 12.1 Å². The Bertz CT molecular complexity index is 229. The molecule has 1 aromatic heterocycles. The highest BCUT2D eigenvalue weighted by Crippen LogP contribution is 2.06. The van der Waals surface area contributed by atoms with Gasteiger partial charge in [-0.2, -0.15) is 4.39 Å². The number of hydrogen-bond acceptors (Lipinski definition) is 3. The Morgan fingerprint density at radius 2 is 2.18 bits per heavy atom. The molecule has 0 radical (unpaired) electrons. The number of nitrogen functional groups attached to an aromatic ring is 1. The van der Waals surface area contributed by atoms with Crippen LogP contribution in [0.3, 0.4) is 0 Å². The number of hydrogen-bond donors (Lipinski definition) is 2. The van der Waals surface area contributed by atoms with Gasteiger partial charge in [0.1, 0.15) is 0 Å². The van der Waals surface area contributed by atoms with Gasteiger partial charge in [0.15, 0.2) is 0 Å². The average molecular weight is 155 g/mol. The van der Waals surface area contributed by atoms with Crippen molar-refractivity contribution in [3.63, 3.8) is 0 Å². The van der Waals surface area contributed by atoms with E-state index in [1.54, 1.807) is 6.07 Å². The minimum Gasteiger partial charge on any atom is -0.399 e. The Balaban J connectivity index is 2.89. The summed E-state index contributed by atoms with van der Waals surface area (Å²) in [4.78, 5) is 3.60. The predicted molar refractivity (Wildman–Crippen MR) is 41.4 cm³/mol. The van der Waals surface area contributed by atoms with E-state index >= 15 is 0 Å². The lowest BCUT2D eigenvalue weighted by Crippen LogP contribution is -2.05. The topological polar surface area (TPSA) is 64.9 Å². The third kappa shape index (κ3) is 2.16. The van der Waals surface area contributed by atoms with Crippen molar-refractivity contribution in [1.82, 2.24) is 4.98 Å². The van der Waals surface area contributed by atoms with E-state index in [1.807, 2.05) is 0 Å². The molecule has 11 heavy (non-hydrogen) atoms. The molecule has 0 fully saturated rings. The summed E-state index contributed by atoms with van der Waals surface area (Å²) in [7, 11) is 0. The van der Waals surface area contributed by atoms with E-state index in [0.717, 1.165) is 0 Å². The molecule has 1 heterocycles. The average Bonchev–Trinajstić information content (AvgIpc) is 1.85. The van der Waals surface area contributed by atoms with Crippen LogP contribution in [0.25, 0.3) is 0 Å².